The third-order valence-electron chi connectivity index (χ3n) is 4.36. The zero-order valence-electron chi connectivity index (χ0n) is 16.0. The Hall–Kier alpha value is -3.00. The summed E-state index contributed by atoms with van der Waals surface area (Å²) in [5, 5.41) is 3.22. The first-order valence-electron chi connectivity index (χ1n) is 8.74. The average molecular weight is 398 g/mol. The number of sulfone groups is 1. The molecule has 0 saturated carbocycles. The predicted octanol–water partition coefficient (Wildman–Crippen LogP) is 2.61. The van der Waals surface area contributed by atoms with Gasteiger partial charge in [-0.2, -0.15) is 0 Å². The molecule has 0 unspecified atom stereocenters. The number of aromatic nitrogens is 3. The highest BCUT2D eigenvalue weighted by molar-refractivity contribution is 7.89. The lowest BCUT2D eigenvalue weighted by atomic mass is 10.1. The molecular formula is C20H22N4O3S. The van der Waals surface area contributed by atoms with Gasteiger partial charge in [0.2, 0.25) is 0 Å². The summed E-state index contributed by atoms with van der Waals surface area (Å²) >= 11 is 0. The second-order valence-electron chi connectivity index (χ2n) is 6.80. The van der Waals surface area contributed by atoms with Gasteiger partial charge in [-0.15, -0.1) is 0 Å². The average Bonchev–Trinajstić information content (AvgIpc) is 2.64. The molecule has 0 spiro atoms. The Kier molecular flexibility index (Phi) is 5.60. The highest BCUT2D eigenvalue weighted by Gasteiger charge is 2.07. The maximum Gasteiger partial charge on any atom is 0.254 e. The van der Waals surface area contributed by atoms with Gasteiger partial charge in [-0.1, -0.05) is 24.3 Å². The lowest BCUT2D eigenvalue weighted by Crippen LogP contribution is -2.14. The van der Waals surface area contributed by atoms with Gasteiger partial charge in [0.05, 0.1) is 5.75 Å². The van der Waals surface area contributed by atoms with E-state index in [0.717, 1.165) is 16.7 Å². The van der Waals surface area contributed by atoms with Crippen molar-refractivity contribution >= 4 is 15.7 Å². The van der Waals surface area contributed by atoms with Crippen LogP contribution < -0.4 is 10.9 Å². The van der Waals surface area contributed by atoms with E-state index in [1.54, 1.807) is 20.0 Å². The van der Waals surface area contributed by atoms with E-state index in [1.165, 1.54) is 6.26 Å². The largest absolute Gasteiger partial charge is 0.366 e. The van der Waals surface area contributed by atoms with E-state index in [1.807, 2.05) is 36.4 Å². The van der Waals surface area contributed by atoms with E-state index < -0.39 is 9.84 Å². The lowest BCUT2D eigenvalue weighted by molar-refractivity contribution is 0.601. The van der Waals surface area contributed by atoms with Crippen LogP contribution >= 0.6 is 0 Å². The molecule has 8 heteroatoms. The van der Waals surface area contributed by atoms with E-state index in [4.69, 9.17) is 0 Å². The number of aryl methyl sites for hydroxylation is 1. The normalized spacial score (nSPS) is 11.4. The molecule has 2 N–H and O–H groups in total. The molecule has 0 aliphatic heterocycles. The van der Waals surface area contributed by atoms with Crippen molar-refractivity contribution < 1.29 is 8.42 Å². The number of nitrogens with one attached hydrogen (secondary N) is 2. The minimum absolute atomic E-state index is 0.0400. The minimum Gasteiger partial charge on any atom is -0.366 e. The number of nitrogens with zero attached hydrogens (tertiary/aromatic N) is 2. The molecule has 0 aliphatic rings. The van der Waals surface area contributed by atoms with Crippen molar-refractivity contribution in [3.05, 3.63) is 75.3 Å². The van der Waals surface area contributed by atoms with Crippen LogP contribution in [-0.2, 0) is 22.1 Å². The minimum atomic E-state index is -3.03. The van der Waals surface area contributed by atoms with Crippen molar-refractivity contribution in [1.82, 2.24) is 15.0 Å². The molecule has 0 radical (unpaired) electrons. The Labute approximate surface area is 163 Å². The first-order valence-corrected chi connectivity index (χ1v) is 10.8. The number of hydrogen-bond acceptors (Lipinski definition) is 6. The van der Waals surface area contributed by atoms with Crippen molar-refractivity contribution in [1.29, 1.82) is 0 Å². The number of hydrogen-bond donors (Lipinski definition) is 2. The molecule has 0 atom stereocenters. The fraction of sp³-hybridized carbons (Fsp3) is 0.250. The van der Waals surface area contributed by atoms with Gasteiger partial charge in [0.1, 0.15) is 11.6 Å². The molecule has 0 fully saturated rings. The van der Waals surface area contributed by atoms with Gasteiger partial charge in [-0.25, -0.2) is 18.4 Å². The second kappa shape index (κ2) is 7.93. The quantitative estimate of drug-likeness (QED) is 0.661. The van der Waals surface area contributed by atoms with Gasteiger partial charge in [-0.3, -0.25) is 4.79 Å². The van der Waals surface area contributed by atoms with Crippen LogP contribution in [0.5, 0.6) is 0 Å². The second-order valence-corrected chi connectivity index (χ2v) is 8.94. The summed E-state index contributed by atoms with van der Waals surface area (Å²) in [5.74, 6) is 1.22. The van der Waals surface area contributed by atoms with Crippen LogP contribution in [0, 0.1) is 13.8 Å². The Morgan fingerprint density at radius 2 is 1.71 bits per heavy atom. The van der Waals surface area contributed by atoms with Crippen molar-refractivity contribution in [3.8, 4) is 11.4 Å². The Morgan fingerprint density at radius 1 is 1.04 bits per heavy atom. The summed E-state index contributed by atoms with van der Waals surface area (Å²) in [6, 6.07) is 11.1. The Bertz CT molecular complexity index is 1140. The number of H-pyrrole nitrogens is 1. The van der Waals surface area contributed by atoms with Gasteiger partial charge in [0.15, 0.2) is 9.84 Å². The lowest BCUT2D eigenvalue weighted by Gasteiger charge is -2.08. The Morgan fingerprint density at radius 3 is 2.29 bits per heavy atom. The summed E-state index contributed by atoms with van der Waals surface area (Å²) < 4.78 is 22.7. The molecule has 1 aromatic carbocycles. The molecule has 0 bridgehead atoms. The number of benzene rings is 1. The van der Waals surface area contributed by atoms with Crippen LogP contribution in [-0.4, -0.2) is 29.6 Å². The summed E-state index contributed by atoms with van der Waals surface area (Å²) in [6.07, 6.45) is 2.88. The van der Waals surface area contributed by atoms with Gasteiger partial charge in [0, 0.05) is 35.8 Å². The van der Waals surface area contributed by atoms with Crippen LogP contribution in [0.25, 0.3) is 11.4 Å². The molecule has 0 amide bonds. The van der Waals surface area contributed by atoms with Crippen LogP contribution in [0.4, 0.5) is 5.82 Å². The zero-order valence-corrected chi connectivity index (χ0v) is 16.8. The highest BCUT2D eigenvalue weighted by Crippen LogP contribution is 2.16. The van der Waals surface area contributed by atoms with E-state index in [9.17, 15) is 13.2 Å². The zero-order chi connectivity index (χ0) is 20.3. The maximum atomic E-state index is 11.9. The molecule has 0 aliphatic carbocycles. The molecule has 3 aromatic rings. The Balaban J connectivity index is 1.66. The number of pyridine rings is 1. The third-order valence-corrected chi connectivity index (χ3v) is 5.21. The fourth-order valence-corrected chi connectivity index (χ4v) is 3.47. The highest BCUT2D eigenvalue weighted by atomic mass is 32.2. The van der Waals surface area contributed by atoms with Gasteiger partial charge in [0.25, 0.3) is 5.56 Å². The molecule has 7 nitrogen and oxygen atoms in total. The van der Waals surface area contributed by atoms with Gasteiger partial charge >= 0.3 is 0 Å². The monoisotopic (exact) mass is 398 g/mol. The fourth-order valence-electron chi connectivity index (χ4n) is 2.67. The molecule has 0 saturated heterocycles. The summed E-state index contributed by atoms with van der Waals surface area (Å²) in [7, 11) is -3.03. The maximum absolute atomic E-state index is 11.9. The third kappa shape index (κ3) is 5.04. The molecular weight excluding hydrogens is 376 g/mol. The van der Waals surface area contributed by atoms with Crippen molar-refractivity contribution in [2.45, 2.75) is 26.1 Å². The molecule has 146 valence electrons. The van der Waals surface area contributed by atoms with Gasteiger partial charge in [-0.05, 0) is 37.1 Å². The van der Waals surface area contributed by atoms with Crippen LogP contribution in [0.1, 0.15) is 22.4 Å². The summed E-state index contributed by atoms with van der Waals surface area (Å²) in [6.45, 7) is 4.10. The van der Waals surface area contributed by atoms with Crippen LogP contribution in [0.2, 0.25) is 0 Å². The van der Waals surface area contributed by atoms with E-state index in [-0.39, 0.29) is 11.3 Å². The van der Waals surface area contributed by atoms with Crippen LogP contribution in [0.3, 0.4) is 0 Å². The van der Waals surface area contributed by atoms with Crippen molar-refractivity contribution in [2.24, 2.45) is 0 Å². The topological polar surface area (TPSA) is 105 Å². The standard InChI is InChI=1S/C20H22N4O3S/c1-13-14(2)23-19(24-20(13)25)17-8-9-18(22-11-17)21-10-15-4-6-16(7-5-15)12-28(3,26)27/h4-9,11H,10,12H2,1-3H3,(H,21,22)(H,23,24,25). The summed E-state index contributed by atoms with van der Waals surface area (Å²) in [5.41, 5.74) is 3.67. The first-order chi connectivity index (χ1) is 13.2. The van der Waals surface area contributed by atoms with Gasteiger partial charge < -0.3 is 10.3 Å². The number of anilines is 1. The molecule has 28 heavy (non-hydrogen) atoms. The first kappa shape index (κ1) is 19.8. The SMILES string of the molecule is Cc1nc(-c2ccc(NCc3ccc(CS(C)(=O)=O)cc3)nc2)[nH]c(=O)c1C. The smallest absolute Gasteiger partial charge is 0.254 e. The van der Waals surface area contributed by atoms with Crippen molar-refractivity contribution in [3.63, 3.8) is 0 Å². The predicted molar refractivity (Wildman–Crippen MR) is 110 cm³/mol. The molecule has 2 heterocycles. The van der Waals surface area contributed by atoms with Crippen molar-refractivity contribution in [2.75, 3.05) is 11.6 Å². The number of aromatic amines is 1. The van der Waals surface area contributed by atoms with Crippen LogP contribution in [0.15, 0.2) is 47.4 Å². The van der Waals surface area contributed by atoms with E-state index in [0.29, 0.717) is 29.4 Å². The number of rotatable bonds is 6. The molecule has 2 aromatic heterocycles. The summed E-state index contributed by atoms with van der Waals surface area (Å²) in [4.78, 5) is 23.4. The molecule has 3 rings (SSSR count). The van der Waals surface area contributed by atoms with E-state index >= 15 is 0 Å². The van der Waals surface area contributed by atoms with E-state index in [2.05, 4.69) is 20.3 Å².